The Hall–Kier alpha value is -4.18. The Morgan fingerprint density at radius 3 is 2.60 bits per heavy atom. The number of carbonyl (C=O) groups excluding carboxylic acids is 1. The largest absolute Gasteiger partial charge is 0.497 e. The van der Waals surface area contributed by atoms with Crippen LogP contribution in [0, 0.1) is 5.92 Å². The van der Waals surface area contributed by atoms with Gasteiger partial charge in [-0.1, -0.05) is 12.1 Å². The average Bonchev–Trinajstić information content (AvgIpc) is 3.65. The summed E-state index contributed by atoms with van der Waals surface area (Å²) in [7, 11) is 1.62. The number of nitrogens with one attached hydrogen (secondary N) is 3. The Bertz CT molecular complexity index is 1300. The molecule has 2 fully saturated rings. The third-order valence-electron chi connectivity index (χ3n) is 5.86. The maximum atomic E-state index is 11.4. The monoisotopic (exact) mass is 473 g/mol. The number of fused-ring (bicyclic) bond motifs is 1. The topological polar surface area (TPSA) is 128 Å². The van der Waals surface area contributed by atoms with Crippen molar-refractivity contribution in [1.29, 1.82) is 0 Å². The van der Waals surface area contributed by atoms with Crippen molar-refractivity contribution < 1.29 is 14.6 Å². The zero-order valence-electron chi connectivity index (χ0n) is 19.3. The van der Waals surface area contributed by atoms with E-state index in [1.54, 1.807) is 7.11 Å². The van der Waals surface area contributed by atoms with Gasteiger partial charge in [0, 0.05) is 36.1 Å². The molecule has 0 radical (unpaired) electrons. The molecule has 0 spiro atoms. The van der Waals surface area contributed by atoms with Crippen LogP contribution in [0.4, 0.5) is 23.1 Å². The normalized spacial score (nSPS) is 15.1. The standard InChI is InChI=1S/C14H14N6O.C11H13NO2/c21-9-6-20(7-9)13-5-12(15-8-16-13)17-14-10-3-1-2-4-11(10)18-19-14;1-14-10-6-4-9(5-7-10)12-11(13)8-2-3-8/h1-5,8-9,21H,6-7H2,(H2,15,16,17,18,19);4-8H,2-3H2,1H3,(H,12,13). The first-order chi connectivity index (χ1) is 17.1. The Balaban J connectivity index is 0.000000158. The average molecular weight is 474 g/mol. The summed E-state index contributed by atoms with van der Waals surface area (Å²) in [6.07, 6.45) is 3.31. The summed E-state index contributed by atoms with van der Waals surface area (Å²) < 4.78 is 5.02. The maximum Gasteiger partial charge on any atom is 0.227 e. The van der Waals surface area contributed by atoms with Crippen LogP contribution in [-0.2, 0) is 4.79 Å². The van der Waals surface area contributed by atoms with E-state index in [-0.39, 0.29) is 17.9 Å². The fourth-order valence-corrected chi connectivity index (χ4v) is 3.67. The van der Waals surface area contributed by atoms with Crippen LogP contribution in [0.5, 0.6) is 5.75 Å². The first-order valence-corrected chi connectivity index (χ1v) is 11.5. The molecule has 0 bridgehead atoms. The van der Waals surface area contributed by atoms with E-state index in [2.05, 4.69) is 30.8 Å². The number of aromatic amines is 1. The van der Waals surface area contributed by atoms with E-state index < -0.39 is 0 Å². The molecule has 180 valence electrons. The number of nitrogens with zero attached hydrogens (tertiary/aromatic N) is 4. The van der Waals surface area contributed by atoms with Crippen molar-refractivity contribution in [2.45, 2.75) is 18.9 Å². The maximum absolute atomic E-state index is 11.4. The zero-order chi connectivity index (χ0) is 24.2. The molecule has 35 heavy (non-hydrogen) atoms. The second-order valence-electron chi connectivity index (χ2n) is 8.56. The highest BCUT2D eigenvalue weighted by atomic mass is 16.5. The number of hydrogen-bond acceptors (Lipinski definition) is 8. The number of methoxy groups -OCH3 is 1. The van der Waals surface area contributed by atoms with Gasteiger partial charge in [0.15, 0.2) is 5.82 Å². The zero-order valence-corrected chi connectivity index (χ0v) is 19.3. The third kappa shape index (κ3) is 5.49. The minimum Gasteiger partial charge on any atom is -0.497 e. The summed E-state index contributed by atoms with van der Waals surface area (Å²) in [5.74, 6) is 3.40. The highest BCUT2D eigenvalue weighted by Gasteiger charge is 2.29. The lowest BCUT2D eigenvalue weighted by atomic mass is 10.2. The lowest BCUT2D eigenvalue weighted by Gasteiger charge is -2.36. The van der Waals surface area contributed by atoms with Crippen LogP contribution < -0.4 is 20.3 Å². The molecule has 2 aromatic heterocycles. The van der Waals surface area contributed by atoms with Gasteiger partial charge in [-0.25, -0.2) is 9.97 Å². The van der Waals surface area contributed by atoms with Crippen molar-refractivity contribution in [3.63, 3.8) is 0 Å². The van der Waals surface area contributed by atoms with E-state index in [1.807, 2.05) is 59.5 Å². The Morgan fingerprint density at radius 1 is 1.11 bits per heavy atom. The second kappa shape index (κ2) is 9.98. The van der Waals surface area contributed by atoms with Crippen LogP contribution in [0.2, 0.25) is 0 Å². The number of amides is 1. The van der Waals surface area contributed by atoms with Gasteiger partial charge in [-0.15, -0.1) is 0 Å². The summed E-state index contributed by atoms with van der Waals surface area (Å²) in [6, 6.07) is 17.1. The highest BCUT2D eigenvalue weighted by molar-refractivity contribution is 5.94. The predicted molar refractivity (Wildman–Crippen MR) is 134 cm³/mol. The number of ether oxygens (including phenoxy) is 1. The van der Waals surface area contributed by atoms with E-state index in [0.29, 0.717) is 18.9 Å². The molecular formula is C25H27N7O3. The summed E-state index contributed by atoms with van der Waals surface area (Å²) >= 11 is 0. The number of anilines is 4. The van der Waals surface area contributed by atoms with Crippen LogP contribution >= 0.6 is 0 Å². The van der Waals surface area contributed by atoms with E-state index >= 15 is 0 Å². The van der Waals surface area contributed by atoms with Crippen molar-refractivity contribution in [2.24, 2.45) is 5.92 Å². The number of carbonyl (C=O) groups is 1. The van der Waals surface area contributed by atoms with Crippen LogP contribution in [0.1, 0.15) is 12.8 Å². The Morgan fingerprint density at radius 2 is 1.89 bits per heavy atom. The molecular weight excluding hydrogens is 446 g/mol. The fraction of sp³-hybridized carbons (Fsp3) is 0.280. The second-order valence-corrected chi connectivity index (χ2v) is 8.56. The van der Waals surface area contributed by atoms with Crippen molar-refractivity contribution in [3.05, 3.63) is 60.9 Å². The van der Waals surface area contributed by atoms with Crippen molar-refractivity contribution in [2.75, 3.05) is 35.7 Å². The van der Waals surface area contributed by atoms with E-state index in [9.17, 15) is 9.90 Å². The molecule has 10 heteroatoms. The van der Waals surface area contributed by atoms with Crippen molar-refractivity contribution >= 4 is 40.0 Å². The van der Waals surface area contributed by atoms with E-state index in [1.165, 1.54) is 6.33 Å². The first kappa shape index (κ1) is 22.6. The lowest BCUT2D eigenvalue weighted by molar-refractivity contribution is -0.117. The number of β-amino-alcohol motifs (C(OH)–C–C–N with tert-alkyl or cyclic N) is 1. The van der Waals surface area contributed by atoms with Crippen molar-refractivity contribution in [3.8, 4) is 5.75 Å². The highest BCUT2D eigenvalue weighted by Crippen LogP contribution is 2.30. The van der Waals surface area contributed by atoms with Crippen LogP contribution in [0.3, 0.4) is 0 Å². The minimum atomic E-state index is -0.258. The number of benzene rings is 2. The van der Waals surface area contributed by atoms with Crippen LogP contribution in [-0.4, -0.2) is 57.5 Å². The number of aromatic nitrogens is 4. The first-order valence-electron chi connectivity index (χ1n) is 11.5. The number of para-hydroxylation sites is 1. The predicted octanol–water partition coefficient (Wildman–Crippen LogP) is 3.32. The van der Waals surface area contributed by atoms with Gasteiger partial charge in [-0.05, 0) is 49.2 Å². The SMILES string of the molecule is COc1ccc(NC(=O)C2CC2)cc1.OC1CN(c2cc(Nc3n[nH]c4ccccc34)ncn2)C1. The van der Waals surface area contributed by atoms with Gasteiger partial charge < -0.3 is 25.4 Å². The van der Waals surface area contributed by atoms with Gasteiger partial charge in [0.1, 0.15) is 23.7 Å². The number of rotatable bonds is 6. The quantitative estimate of drug-likeness (QED) is 0.336. The smallest absolute Gasteiger partial charge is 0.227 e. The molecule has 1 amide bonds. The molecule has 4 N–H and O–H groups in total. The third-order valence-corrected chi connectivity index (χ3v) is 5.86. The molecule has 2 aromatic carbocycles. The molecule has 0 atom stereocenters. The fourth-order valence-electron chi connectivity index (χ4n) is 3.67. The number of H-pyrrole nitrogens is 1. The number of aliphatic hydroxyl groups is 1. The van der Waals surface area contributed by atoms with Gasteiger partial charge in [-0.3, -0.25) is 9.89 Å². The summed E-state index contributed by atoms with van der Waals surface area (Å²) in [5.41, 5.74) is 1.81. The molecule has 3 heterocycles. The van der Waals surface area contributed by atoms with Gasteiger partial charge in [0.05, 0.1) is 18.7 Å². The molecule has 10 nitrogen and oxygen atoms in total. The van der Waals surface area contributed by atoms with E-state index in [4.69, 9.17) is 4.74 Å². The van der Waals surface area contributed by atoms with Crippen molar-refractivity contribution in [1.82, 2.24) is 20.2 Å². The minimum absolute atomic E-state index is 0.134. The molecule has 1 saturated carbocycles. The Labute approximate surface area is 202 Å². The summed E-state index contributed by atoms with van der Waals surface area (Å²) in [5, 5.41) is 23.7. The summed E-state index contributed by atoms with van der Waals surface area (Å²) in [4.78, 5) is 21.8. The number of hydrogen-bond donors (Lipinski definition) is 4. The van der Waals surface area contributed by atoms with E-state index in [0.717, 1.165) is 46.8 Å². The Kier molecular flexibility index (Phi) is 6.44. The van der Waals surface area contributed by atoms with Gasteiger partial charge >= 0.3 is 0 Å². The van der Waals surface area contributed by atoms with Crippen LogP contribution in [0.25, 0.3) is 10.9 Å². The molecule has 1 saturated heterocycles. The van der Waals surface area contributed by atoms with Crippen LogP contribution in [0.15, 0.2) is 60.9 Å². The summed E-state index contributed by atoms with van der Waals surface area (Å²) in [6.45, 7) is 1.23. The number of aliphatic hydroxyl groups excluding tert-OH is 1. The molecule has 1 aliphatic carbocycles. The van der Waals surface area contributed by atoms with Gasteiger partial charge in [-0.2, -0.15) is 5.10 Å². The molecule has 2 aliphatic rings. The lowest BCUT2D eigenvalue weighted by Crippen LogP contribution is -2.51. The molecule has 0 unspecified atom stereocenters. The van der Waals surface area contributed by atoms with Gasteiger partial charge in [0.2, 0.25) is 5.91 Å². The molecule has 6 rings (SSSR count). The van der Waals surface area contributed by atoms with Gasteiger partial charge in [0.25, 0.3) is 0 Å². The molecule has 4 aromatic rings. The molecule has 1 aliphatic heterocycles.